The van der Waals surface area contributed by atoms with Gasteiger partial charge in [-0.1, -0.05) is 38.2 Å². The number of hydrogen-bond donors (Lipinski definition) is 1. The number of benzene rings is 1. The lowest BCUT2D eigenvalue weighted by Gasteiger charge is -2.12. The number of thiocarbonyl (C=S) groups is 1. The molecule has 1 N–H and O–H groups in total. The first-order chi connectivity index (χ1) is 6.15. The summed E-state index contributed by atoms with van der Waals surface area (Å²) in [5.41, 5.74) is 5.25. The summed E-state index contributed by atoms with van der Waals surface area (Å²) in [6, 6.07) is 6.41. The van der Waals surface area contributed by atoms with Gasteiger partial charge in [-0.05, 0) is 30.0 Å². The summed E-state index contributed by atoms with van der Waals surface area (Å²) in [6.07, 6.45) is 0. The van der Waals surface area contributed by atoms with Gasteiger partial charge in [-0.3, -0.25) is 0 Å². The predicted molar refractivity (Wildman–Crippen MR) is 62.5 cm³/mol. The van der Waals surface area contributed by atoms with Crippen LogP contribution in [0.5, 0.6) is 0 Å². The SMILES string of the molecule is Cc1ccc(C(C)C)c(NC=S)c1. The van der Waals surface area contributed by atoms with Crippen molar-refractivity contribution in [2.24, 2.45) is 0 Å². The highest BCUT2D eigenvalue weighted by molar-refractivity contribution is 7.79. The number of hydrogen-bond acceptors (Lipinski definition) is 1. The minimum Gasteiger partial charge on any atom is -0.352 e. The van der Waals surface area contributed by atoms with E-state index in [2.05, 4.69) is 44.3 Å². The molecule has 1 aromatic rings. The van der Waals surface area contributed by atoms with E-state index in [4.69, 9.17) is 12.2 Å². The van der Waals surface area contributed by atoms with Crippen molar-refractivity contribution in [3.8, 4) is 0 Å². The summed E-state index contributed by atoms with van der Waals surface area (Å²) < 4.78 is 0. The van der Waals surface area contributed by atoms with Crippen LogP contribution in [0.4, 0.5) is 5.69 Å². The van der Waals surface area contributed by atoms with E-state index in [9.17, 15) is 0 Å². The van der Waals surface area contributed by atoms with Gasteiger partial charge in [-0.25, -0.2) is 0 Å². The molecule has 1 rings (SSSR count). The summed E-state index contributed by atoms with van der Waals surface area (Å²) in [7, 11) is 0. The van der Waals surface area contributed by atoms with Gasteiger partial charge in [-0.2, -0.15) is 0 Å². The molecule has 0 amide bonds. The van der Waals surface area contributed by atoms with Crippen LogP contribution in [0.2, 0.25) is 0 Å². The minimum atomic E-state index is 0.526. The van der Waals surface area contributed by atoms with Crippen molar-refractivity contribution in [1.82, 2.24) is 0 Å². The summed E-state index contributed by atoms with van der Waals surface area (Å²) in [4.78, 5) is 0. The zero-order valence-corrected chi connectivity index (χ0v) is 9.11. The lowest BCUT2D eigenvalue weighted by Crippen LogP contribution is -1.99. The molecule has 70 valence electrons. The largest absolute Gasteiger partial charge is 0.352 e. The van der Waals surface area contributed by atoms with Crippen LogP contribution in [0.1, 0.15) is 30.9 Å². The molecule has 0 unspecified atom stereocenters. The Kier molecular flexibility index (Phi) is 3.43. The second kappa shape index (κ2) is 4.38. The standard InChI is InChI=1S/C11H15NS/c1-8(2)10-5-4-9(3)6-11(10)12-7-13/h4-8H,1-3H3,(H,12,13). The van der Waals surface area contributed by atoms with Crippen LogP contribution in [0.25, 0.3) is 0 Å². The normalized spacial score (nSPS) is 10.2. The van der Waals surface area contributed by atoms with Gasteiger partial charge in [0.05, 0.1) is 5.49 Å². The molecule has 0 aliphatic heterocycles. The van der Waals surface area contributed by atoms with Crippen molar-refractivity contribution in [3.05, 3.63) is 29.3 Å². The van der Waals surface area contributed by atoms with Crippen LogP contribution in [-0.2, 0) is 0 Å². The fourth-order valence-corrected chi connectivity index (χ4v) is 1.49. The molecule has 0 aromatic heterocycles. The predicted octanol–water partition coefficient (Wildman–Crippen LogP) is 3.49. The summed E-state index contributed by atoms with van der Waals surface area (Å²) in [5, 5.41) is 3.09. The van der Waals surface area contributed by atoms with Gasteiger partial charge in [0.15, 0.2) is 0 Å². The fraction of sp³-hybridized carbons (Fsp3) is 0.364. The molecule has 0 radical (unpaired) electrons. The van der Waals surface area contributed by atoms with Crippen molar-refractivity contribution in [2.75, 3.05) is 5.32 Å². The van der Waals surface area contributed by atoms with Crippen LogP contribution >= 0.6 is 12.2 Å². The highest BCUT2D eigenvalue weighted by Gasteiger charge is 2.04. The summed E-state index contributed by atoms with van der Waals surface area (Å²) >= 11 is 4.79. The van der Waals surface area contributed by atoms with E-state index in [1.54, 1.807) is 5.49 Å². The van der Waals surface area contributed by atoms with Gasteiger partial charge in [0.1, 0.15) is 0 Å². The van der Waals surface area contributed by atoms with Crippen molar-refractivity contribution < 1.29 is 0 Å². The Hall–Kier alpha value is -0.890. The van der Waals surface area contributed by atoms with Gasteiger partial charge in [0, 0.05) is 5.69 Å². The average molecular weight is 193 g/mol. The second-order valence-corrected chi connectivity index (χ2v) is 3.74. The van der Waals surface area contributed by atoms with E-state index in [1.165, 1.54) is 11.1 Å². The summed E-state index contributed by atoms with van der Waals surface area (Å²) in [6.45, 7) is 6.44. The zero-order valence-electron chi connectivity index (χ0n) is 8.29. The Labute approximate surface area is 85.2 Å². The number of rotatable bonds is 3. The molecule has 0 fully saturated rings. The minimum absolute atomic E-state index is 0.526. The molecule has 1 nitrogen and oxygen atoms in total. The fourth-order valence-electron chi connectivity index (χ4n) is 1.36. The smallest absolute Gasteiger partial charge is 0.0659 e. The molecule has 13 heavy (non-hydrogen) atoms. The monoisotopic (exact) mass is 193 g/mol. The number of aryl methyl sites for hydroxylation is 1. The lowest BCUT2D eigenvalue weighted by molar-refractivity contribution is 0.869. The van der Waals surface area contributed by atoms with E-state index in [0.29, 0.717) is 5.92 Å². The maximum Gasteiger partial charge on any atom is 0.0659 e. The molecule has 2 heteroatoms. The van der Waals surface area contributed by atoms with E-state index in [-0.39, 0.29) is 0 Å². The maximum atomic E-state index is 4.79. The maximum absolute atomic E-state index is 4.79. The van der Waals surface area contributed by atoms with E-state index < -0.39 is 0 Å². The molecule has 0 heterocycles. The Balaban J connectivity index is 3.10. The zero-order chi connectivity index (χ0) is 9.84. The number of anilines is 1. The topological polar surface area (TPSA) is 12.0 Å². The van der Waals surface area contributed by atoms with Crippen molar-refractivity contribution in [2.45, 2.75) is 26.7 Å². The summed E-state index contributed by atoms with van der Waals surface area (Å²) in [5.74, 6) is 0.526. The van der Waals surface area contributed by atoms with Crippen molar-refractivity contribution in [3.63, 3.8) is 0 Å². The lowest BCUT2D eigenvalue weighted by atomic mass is 9.99. The van der Waals surface area contributed by atoms with Crippen LogP contribution in [0, 0.1) is 6.92 Å². The molecule has 0 atom stereocenters. The third-order valence-corrected chi connectivity index (χ3v) is 2.16. The Morgan fingerprint density at radius 3 is 2.62 bits per heavy atom. The number of nitrogens with one attached hydrogen (secondary N) is 1. The van der Waals surface area contributed by atoms with Gasteiger partial charge in [0.25, 0.3) is 0 Å². The molecule has 0 spiro atoms. The highest BCUT2D eigenvalue weighted by Crippen LogP contribution is 2.24. The van der Waals surface area contributed by atoms with Crippen molar-refractivity contribution >= 4 is 23.4 Å². The quantitative estimate of drug-likeness (QED) is 0.737. The molecule has 0 bridgehead atoms. The Morgan fingerprint density at radius 1 is 1.38 bits per heavy atom. The third kappa shape index (κ3) is 2.52. The molecule has 0 saturated heterocycles. The second-order valence-electron chi connectivity index (χ2n) is 3.51. The van der Waals surface area contributed by atoms with E-state index >= 15 is 0 Å². The molecule has 0 aliphatic carbocycles. The van der Waals surface area contributed by atoms with Gasteiger partial charge < -0.3 is 5.32 Å². The molecule has 0 saturated carbocycles. The first-order valence-electron chi connectivity index (χ1n) is 4.46. The van der Waals surface area contributed by atoms with Crippen LogP contribution in [0.3, 0.4) is 0 Å². The van der Waals surface area contributed by atoms with Crippen LogP contribution in [0.15, 0.2) is 18.2 Å². The molecule has 1 aromatic carbocycles. The van der Waals surface area contributed by atoms with E-state index in [0.717, 1.165) is 5.69 Å². The molecular formula is C11H15NS. The molecular weight excluding hydrogens is 178 g/mol. The van der Waals surface area contributed by atoms with Gasteiger partial charge in [0.2, 0.25) is 0 Å². The average Bonchev–Trinajstić information content (AvgIpc) is 2.04. The Bertz CT molecular complexity index is 305. The van der Waals surface area contributed by atoms with Gasteiger partial charge in [-0.15, -0.1) is 0 Å². The Morgan fingerprint density at radius 2 is 2.08 bits per heavy atom. The van der Waals surface area contributed by atoms with E-state index in [1.807, 2.05) is 0 Å². The van der Waals surface area contributed by atoms with Crippen LogP contribution < -0.4 is 5.32 Å². The molecule has 0 aliphatic rings. The third-order valence-electron chi connectivity index (χ3n) is 2.05. The van der Waals surface area contributed by atoms with Gasteiger partial charge >= 0.3 is 0 Å². The first kappa shape index (κ1) is 10.2. The van der Waals surface area contributed by atoms with Crippen LogP contribution in [-0.4, -0.2) is 5.49 Å². The highest BCUT2D eigenvalue weighted by atomic mass is 32.1. The van der Waals surface area contributed by atoms with Crippen molar-refractivity contribution in [1.29, 1.82) is 0 Å². The first-order valence-corrected chi connectivity index (χ1v) is 4.93.